The van der Waals surface area contributed by atoms with Crippen LogP contribution in [-0.4, -0.2) is 19.6 Å². The minimum atomic E-state index is 0. The first-order valence-electron chi connectivity index (χ1n) is 8.24. The number of rotatable bonds is 11. The molecule has 0 saturated heterocycles. The van der Waals surface area contributed by atoms with Crippen LogP contribution in [0.3, 0.4) is 0 Å². The van der Waals surface area contributed by atoms with Gasteiger partial charge < -0.3 is 17.3 Å². The van der Waals surface area contributed by atoms with Crippen molar-refractivity contribution in [1.82, 2.24) is 0 Å². The molecule has 0 spiro atoms. The van der Waals surface area contributed by atoms with Crippen molar-refractivity contribution in [3.05, 3.63) is 35.9 Å². The molecule has 2 heteroatoms. The van der Waals surface area contributed by atoms with E-state index in [4.69, 9.17) is 0 Å². The molecule has 1 rings (SSSR count). The molecule has 0 atom stereocenters. The molecule has 0 bridgehead atoms. The van der Waals surface area contributed by atoms with Crippen molar-refractivity contribution in [2.24, 2.45) is 0 Å². The summed E-state index contributed by atoms with van der Waals surface area (Å²) in [6.07, 6.45) is 9.45. The van der Waals surface area contributed by atoms with Crippen LogP contribution in [0.5, 0.6) is 0 Å². The van der Waals surface area contributed by atoms with Gasteiger partial charge in [0, 0.05) is 0 Å². The Kier molecular flexibility index (Phi) is 13.1. The Hall–Kier alpha value is -0.530. The van der Waals surface area contributed by atoms with Crippen LogP contribution in [0.2, 0.25) is 0 Å². The monoisotopic (exact) mass is 297 g/mol. The molecule has 1 N–H and O–H groups in total. The Morgan fingerprint density at radius 1 is 0.750 bits per heavy atom. The predicted octanol–water partition coefficient (Wildman–Crippen LogP) is 0.498. The van der Waals surface area contributed by atoms with Crippen LogP contribution in [0.15, 0.2) is 30.3 Å². The van der Waals surface area contributed by atoms with Crippen LogP contribution in [-0.2, 0) is 6.42 Å². The van der Waals surface area contributed by atoms with Crippen molar-refractivity contribution >= 4 is 0 Å². The second-order valence-electron chi connectivity index (χ2n) is 5.65. The van der Waals surface area contributed by atoms with Gasteiger partial charge in [0.05, 0.1) is 19.6 Å². The summed E-state index contributed by atoms with van der Waals surface area (Å²) in [5.41, 5.74) is 1.49. The molecule has 0 aliphatic rings. The highest BCUT2D eigenvalue weighted by Crippen LogP contribution is 2.06. The SMILES string of the molecule is CCC[NH+](CCC)CCCCCCc1ccccc1.[Cl-]. The fourth-order valence-electron chi connectivity index (χ4n) is 2.78. The fraction of sp³-hybridized carbons (Fsp3) is 0.667. The molecule has 0 amide bonds. The Balaban J connectivity index is 0.00000361. The van der Waals surface area contributed by atoms with Crippen LogP contribution in [0.4, 0.5) is 0 Å². The first kappa shape index (κ1) is 19.5. The average Bonchev–Trinajstić information content (AvgIpc) is 2.44. The highest BCUT2D eigenvalue weighted by atomic mass is 35.5. The number of unbranched alkanes of at least 4 members (excludes halogenated alkanes) is 3. The smallest absolute Gasteiger partial charge is 0.0770 e. The first-order chi connectivity index (χ1) is 9.36. The molecule has 116 valence electrons. The van der Waals surface area contributed by atoms with Crippen molar-refractivity contribution in [3.8, 4) is 0 Å². The summed E-state index contributed by atoms with van der Waals surface area (Å²) < 4.78 is 0. The summed E-state index contributed by atoms with van der Waals surface area (Å²) in [4.78, 5) is 1.81. The normalized spacial score (nSPS) is 10.6. The lowest BCUT2D eigenvalue weighted by atomic mass is 10.1. The topological polar surface area (TPSA) is 4.44 Å². The molecular weight excluding hydrogens is 266 g/mol. The average molecular weight is 298 g/mol. The van der Waals surface area contributed by atoms with Crippen LogP contribution in [0, 0.1) is 0 Å². The molecule has 20 heavy (non-hydrogen) atoms. The number of aryl methyl sites for hydroxylation is 1. The third kappa shape index (κ3) is 9.39. The fourth-order valence-corrected chi connectivity index (χ4v) is 2.78. The van der Waals surface area contributed by atoms with Gasteiger partial charge in [-0.3, -0.25) is 0 Å². The van der Waals surface area contributed by atoms with Gasteiger partial charge in [0.2, 0.25) is 0 Å². The highest BCUT2D eigenvalue weighted by molar-refractivity contribution is 5.14. The van der Waals surface area contributed by atoms with Gasteiger partial charge in [-0.25, -0.2) is 0 Å². The third-order valence-electron chi connectivity index (χ3n) is 3.80. The lowest BCUT2D eigenvalue weighted by molar-refractivity contribution is -0.900. The van der Waals surface area contributed by atoms with Crippen LogP contribution < -0.4 is 17.3 Å². The van der Waals surface area contributed by atoms with E-state index in [-0.39, 0.29) is 12.4 Å². The molecule has 0 aromatic heterocycles. The van der Waals surface area contributed by atoms with Gasteiger partial charge in [-0.15, -0.1) is 0 Å². The summed E-state index contributed by atoms with van der Waals surface area (Å²) in [7, 11) is 0. The molecule has 0 radical (unpaired) electrons. The van der Waals surface area contributed by atoms with E-state index in [1.807, 2.05) is 4.90 Å². The molecule has 0 fully saturated rings. The molecule has 0 aliphatic heterocycles. The van der Waals surface area contributed by atoms with E-state index < -0.39 is 0 Å². The van der Waals surface area contributed by atoms with E-state index in [2.05, 4.69) is 44.2 Å². The van der Waals surface area contributed by atoms with Crippen LogP contribution >= 0.6 is 0 Å². The van der Waals surface area contributed by atoms with Crippen molar-refractivity contribution in [3.63, 3.8) is 0 Å². The summed E-state index contributed by atoms with van der Waals surface area (Å²) in [6.45, 7) is 8.70. The number of hydrogen-bond donors (Lipinski definition) is 1. The van der Waals surface area contributed by atoms with Crippen molar-refractivity contribution in [1.29, 1.82) is 0 Å². The number of benzene rings is 1. The number of hydrogen-bond acceptors (Lipinski definition) is 0. The second kappa shape index (κ2) is 13.5. The van der Waals surface area contributed by atoms with E-state index in [0.29, 0.717) is 0 Å². The maximum atomic E-state index is 2.30. The zero-order valence-electron chi connectivity index (χ0n) is 13.3. The van der Waals surface area contributed by atoms with E-state index in [1.165, 1.54) is 70.1 Å². The zero-order valence-corrected chi connectivity index (χ0v) is 14.1. The molecule has 1 nitrogen and oxygen atoms in total. The van der Waals surface area contributed by atoms with E-state index >= 15 is 0 Å². The summed E-state index contributed by atoms with van der Waals surface area (Å²) in [6, 6.07) is 10.9. The largest absolute Gasteiger partial charge is 1.00 e. The molecule has 0 unspecified atom stereocenters. The van der Waals surface area contributed by atoms with E-state index in [0.717, 1.165) is 0 Å². The lowest BCUT2D eigenvalue weighted by Gasteiger charge is -2.17. The Bertz CT molecular complexity index is 294. The van der Waals surface area contributed by atoms with Gasteiger partial charge in [0.25, 0.3) is 0 Å². The highest BCUT2D eigenvalue weighted by Gasteiger charge is 2.04. The van der Waals surface area contributed by atoms with Crippen molar-refractivity contribution in [2.45, 2.75) is 58.8 Å². The van der Waals surface area contributed by atoms with Gasteiger partial charge >= 0.3 is 0 Å². The standard InChI is InChI=1S/C18H31N.ClH/c1-3-15-19(16-4-2)17-11-6-5-8-12-18-13-9-7-10-14-18;/h7,9-10,13-14H,3-6,8,11-12,15-17H2,1-2H3;1H. The Morgan fingerprint density at radius 3 is 1.95 bits per heavy atom. The van der Waals surface area contributed by atoms with Gasteiger partial charge in [-0.05, 0) is 44.1 Å². The molecular formula is C18H32ClN. The van der Waals surface area contributed by atoms with E-state index in [1.54, 1.807) is 0 Å². The van der Waals surface area contributed by atoms with Gasteiger partial charge in [0.15, 0.2) is 0 Å². The summed E-state index contributed by atoms with van der Waals surface area (Å²) in [5, 5.41) is 0. The number of halogens is 1. The maximum Gasteiger partial charge on any atom is 0.0770 e. The Morgan fingerprint density at radius 2 is 1.35 bits per heavy atom. The summed E-state index contributed by atoms with van der Waals surface area (Å²) in [5.74, 6) is 0. The van der Waals surface area contributed by atoms with Gasteiger partial charge in [-0.2, -0.15) is 0 Å². The Labute approximate surface area is 132 Å². The number of nitrogens with one attached hydrogen (secondary N) is 1. The molecule has 1 aromatic rings. The quantitative estimate of drug-likeness (QED) is 0.568. The van der Waals surface area contributed by atoms with Crippen molar-refractivity contribution in [2.75, 3.05) is 19.6 Å². The summed E-state index contributed by atoms with van der Waals surface area (Å²) >= 11 is 0. The maximum absolute atomic E-state index is 2.30. The predicted molar refractivity (Wildman–Crippen MR) is 84.8 cm³/mol. The van der Waals surface area contributed by atoms with Crippen molar-refractivity contribution < 1.29 is 17.3 Å². The minimum absolute atomic E-state index is 0. The van der Waals surface area contributed by atoms with E-state index in [9.17, 15) is 0 Å². The second-order valence-corrected chi connectivity index (χ2v) is 5.65. The molecule has 0 saturated carbocycles. The van der Waals surface area contributed by atoms with Gasteiger partial charge in [-0.1, -0.05) is 50.6 Å². The molecule has 1 aromatic carbocycles. The first-order valence-corrected chi connectivity index (χ1v) is 8.24. The number of quaternary nitrogens is 1. The zero-order chi connectivity index (χ0) is 13.8. The minimum Gasteiger partial charge on any atom is -1.00 e. The molecule has 0 aliphatic carbocycles. The van der Waals surface area contributed by atoms with Gasteiger partial charge in [0.1, 0.15) is 0 Å². The molecule has 0 heterocycles. The third-order valence-corrected chi connectivity index (χ3v) is 3.80. The van der Waals surface area contributed by atoms with Crippen LogP contribution in [0.1, 0.15) is 57.9 Å². The van der Waals surface area contributed by atoms with Crippen LogP contribution in [0.25, 0.3) is 0 Å². The lowest BCUT2D eigenvalue weighted by Crippen LogP contribution is -3.12.